The number of nitrogens with one attached hydrogen (secondary N) is 1. The zero-order valence-corrected chi connectivity index (χ0v) is 12.9. The normalized spacial score (nSPS) is 25.0. The minimum Gasteiger partial charge on any atom is -0.346 e. The maximum absolute atomic E-state index is 4.42. The van der Waals surface area contributed by atoms with Crippen LogP contribution in [-0.2, 0) is 6.42 Å². The van der Waals surface area contributed by atoms with Gasteiger partial charge in [0.15, 0.2) is 0 Å². The third-order valence-electron chi connectivity index (χ3n) is 4.63. The molecule has 2 aliphatic heterocycles. The number of fused-ring (bicyclic) bond motifs is 1. The van der Waals surface area contributed by atoms with Gasteiger partial charge in [-0.05, 0) is 36.9 Å². The Morgan fingerprint density at radius 1 is 1.14 bits per heavy atom. The molecule has 3 heterocycles. The van der Waals surface area contributed by atoms with Crippen LogP contribution in [0, 0.1) is 11.8 Å². The van der Waals surface area contributed by atoms with Gasteiger partial charge in [0.1, 0.15) is 5.01 Å². The van der Waals surface area contributed by atoms with Gasteiger partial charge in [-0.25, -0.2) is 0 Å². The molecule has 5 heteroatoms. The Balaban J connectivity index is 1.44. The fraction of sp³-hybridized carbons (Fsp3) is 0.500. The molecule has 1 N–H and O–H groups in total. The molecule has 2 aromatic rings. The molecule has 1 aromatic carbocycles. The lowest BCUT2D eigenvalue weighted by molar-refractivity contribution is 0.348. The summed E-state index contributed by atoms with van der Waals surface area (Å²) in [6, 6.07) is 10.5. The van der Waals surface area contributed by atoms with Crippen LogP contribution in [0.25, 0.3) is 0 Å². The molecule has 4 nitrogen and oxygen atoms in total. The van der Waals surface area contributed by atoms with Crippen LogP contribution in [0.15, 0.2) is 30.3 Å². The number of hydrogen-bond donors (Lipinski definition) is 1. The van der Waals surface area contributed by atoms with Crippen molar-refractivity contribution in [3.8, 4) is 0 Å². The average molecular weight is 300 g/mol. The second kappa shape index (κ2) is 5.73. The van der Waals surface area contributed by atoms with E-state index < -0.39 is 0 Å². The fourth-order valence-electron chi connectivity index (χ4n) is 3.42. The van der Waals surface area contributed by atoms with Crippen molar-refractivity contribution in [1.82, 2.24) is 15.5 Å². The van der Waals surface area contributed by atoms with Gasteiger partial charge in [0.25, 0.3) is 0 Å². The zero-order chi connectivity index (χ0) is 14.1. The Labute approximate surface area is 129 Å². The molecule has 4 rings (SSSR count). The number of hydrogen-bond acceptors (Lipinski definition) is 5. The molecule has 0 radical (unpaired) electrons. The molecule has 2 saturated heterocycles. The third-order valence-corrected chi connectivity index (χ3v) is 5.61. The van der Waals surface area contributed by atoms with Gasteiger partial charge < -0.3 is 10.2 Å². The van der Waals surface area contributed by atoms with Crippen LogP contribution in [0.3, 0.4) is 0 Å². The summed E-state index contributed by atoms with van der Waals surface area (Å²) in [5, 5.41) is 14.5. The van der Waals surface area contributed by atoms with Gasteiger partial charge in [0.2, 0.25) is 5.13 Å². The van der Waals surface area contributed by atoms with Gasteiger partial charge in [-0.15, -0.1) is 10.2 Å². The van der Waals surface area contributed by atoms with E-state index in [4.69, 9.17) is 0 Å². The molecule has 0 unspecified atom stereocenters. The van der Waals surface area contributed by atoms with E-state index >= 15 is 0 Å². The topological polar surface area (TPSA) is 41.1 Å². The van der Waals surface area contributed by atoms with Gasteiger partial charge >= 0.3 is 0 Å². The smallest absolute Gasteiger partial charge is 0.208 e. The summed E-state index contributed by atoms with van der Waals surface area (Å²) in [6.07, 6.45) is 2.17. The standard InChI is InChI=1S/C16H20N4S/c1-2-4-12(5-3-1)8-15-18-19-16(21-15)20-7-6-13-9-17-10-14(13)11-20/h1-5,13-14,17H,6-11H2/t13-,14-/m1/s1. The van der Waals surface area contributed by atoms with Crippen LogP contribution < -0.4 is 10.2 Å². The highest BCUT2D eigenvalue weighted by atomic mass is 32.1. The van der Waals surface area contributed by atoms with Gasteiger partial charge in [-0.1, -0.05) is 41.7 Å². The second-order valence-electron chi connectivity index (χ2n) is 6.05. The van der Waals surface area contributed by atoms with Gasteiger partial charge in [0.05, 0.1) is 0 Å². The molecular formula is C16H20N4S. The lowest BCUT2D eigenvalue weighted by Gasteiger charge is -2.33. The van der Waals surface area contributed by atoms with E-state index in [9.17, 15) is 0 Å². The van der Waals surface area contributed by atoms with Gasteiger partial charge in [-0.3, -0.25) is 0 Å². The van der Waals surface area contributed by atoms with Crippen molar-refractivity contribution in [3.63, 3.8) is 0 Å². The van der Waals surface area contributed by atoms with Crippen molar-refractivity contribution >= 4 is 16.5 Å². The molecule has 21 heavy (non-hydrogen) atoms. The molecule has 0 bridgehead atoms. The van der Waals surface area contributed by atoms with Crippen molar-refractivity contribution in [2.75, 3.05) is 31.1 Å². The summed E-state index contributed by atoms with van der Waals surface area (Å²) < 4.78 is 0. The molecule has 1 aromatic heterocycles. The SMILES string of the molecule is c1ccc(Cc2nnc(N3CC[C@@H]4CNC[C@@H]4C3)s2)cc1. The molecular weight excluding hydrogens is 280 g/mol. The van der Waals surface area contributed by atoms with E-state index in [0.29, 0.717) is 0 Å². The number of aromatic nitrogens is 2. The van der Waals surface area contributed by atoms with E-state index in [-0.39, 0.29) is 0 Å². The summed E-state index contributed by atoms with van der Waals surface area (Å²) in [5.41, 5.74) is 1.30. The van der Waals surface area contributed by atoms with Crippen LogP contribution >= 0.6 is 11.3 Å². The molecule has 0 spiro atoms. The van der Waals surface area contributed by atoms with E-state index in [0.717, 1.165) is 48.0 Å². The lowest BCUT2D eigenvalue weighted by Crippen LogP contribution is -2.39. The number of nitrogens with zero attached hydrogens (tertiary/aromatic N) is 3. The van der Waals surface area contributed by atoms with Crippen molar-refractivity contribution < 1.29 is 0 Å². The number of anilines is 1. The minimum absolute atomic E-state index is 0.792. The molecule has 0 aliphatic carbocycles. The predicted octanol–water partition coefficient (Wildman–Crippen LogP) is 2.17. The van der Waals surface area contributed by atoms with Crippen LogP contribution in [0.1, 0.15) is 17.0 Å². The van der Waals surface area contributed by atoms with Crippen LogP contribution in [0.4, 0.5) is 5.13 Å². The molecule has 2 fully saturated rings. The summed E-state index contributed by atoms with van der Waals surface area (Å²) in [7, 11) is 0. The molecule has 0 saturated carbocycles. The summed E-state index contributed by atoms with van der Waals surface area (Å²) in [4.78, 5) is 2.43. The van der Waals surface area contributed by atoms with Crippen molar-refractivity contribution in [2.24, 2.45) is 11.8 Å². The van der Waals surface area contributed by atoms with Crippen molar-refractivity contribution in [1.29, 1.82) is 0 Å². The highest BCUT2D eigenvalue weighted by molar-refractivity contribution is 7.15. The highest BCUT2D eigenvalue weighted by Crippen LogP contribution is 2.31. The highest BCUT2D eigenvalue weighted by Gasteiger charge is 2.33. The van der Waals surface area contributed by atoms with Gasteiger partial charge in [0, 0.05) is 19.5 Å². The Morgan fingerprint density at radius 3 is 2.90 bits per heavy atom. The monoisotopic (exact) mass is 300 g/mol. The van der Waals surface area contributed by atoms with Crippen LogP contribution in [0.2, 0.25) is 0 Å². The molecule has 110 valence electrons. The Hall–Kier alpha value is -1.46. The maximum atomic E-state index is 4.42. The van der Waals surface area contributed by atoms with Crippen molar-refractivity contribution in [2.45, 2.75) is 12.8 Å². The number of rotatable bonds is 3. The first kappa shape index (κ1) is 13.2. The summed E-state index contributed by atoms with van der Waals surface area (Å²) >= 11 is 1.75. The van der Waals surface area contributed by atoms with Crippen LogP contribution in [-0.4, -0.2) is 36.4 Å². The molecule has 0 amide bonds. The fourth-order valence-corrected chi connectivity index (χ4v) is 4.33. The number of benzene rings is 1. The first-order valence-corrected chi connectivity index (χ1v) is 8.52. The van der Waals surface area contributed by atoms with Crippen LogP contribution in [0.5, 0.6) is 0 Å². The number of piperidine rings is 1. The summed E-state index contributed by atoms with van der Waals surface area (Å²) in [5.74, 6) is 1.66. The first-order valence-electron chi connectivity index (χ1n) is 7.70. The average Bonchev–Trinajstić information content (AvgIpc) is 3.16. The van der Waals surface area contributed by atoms with E-state index in [2.05, 4.69) is 50.7 Å². The predicted molar refractivity (Wildman–Crippen MR) is 85.8 cm³/mol. The quantitative estimate of drug-likeness (QED) is 0.943. The zero-order valence-electron chi connectivity index (χ0n) is 12.0. The Bertz CT molecular complexity index is 597. The van der Waals surface area contributed by atoms with E-state index in [1.165, 1.54) is 18.5 Å². The largest absolute Gasteiger partial charge is 0.346 e. The second-order valence-corrected chi connectivity index (χ2v) is 7.09. The third kappa shape index (κ3) is 2.80. The van der Waals surface area contributed by atoms with E-state index in [1.54, 1.807) is 11.3 Å². The minimum atomic E-state index is 0.792. The molecule has 2 atom stereocenters. The summed E-state index contributed by atoms with van der Waals surface area (Å²) in [6.45, 7) is 4.63. The Morgan fingerprint density at radius 2 is 2.00 bits per heavy atom. The maximum Gasteiger partial charge on any atom is 0.208 e. The van der Waals surface area contributed by atoms with E-state index in [1.807, 2.05) is 0 Å². The van der Waals surface area contributed by atoms with Gasteiger partial charge in [-0.2, -0.15) is 0 Å². The molecule has 2 aliphatic rings. The lowest BCUT2D eigenvalue weighted by atomic mass is 9.89. The van der Waals surface area contributed by atoms with Crippen molar-refractivity contribution in [3.05, 3.63) is 40.9 Å². The Kier molecular flexibility index (Phi) is 3.61. The first-order chi connectivity index (χ1) is 10.4.